The van der Waals surface area contributed by atoms with E-state index < -0.39 is 11.9 Å². The molecule has 3 amide bonds. The van der Waals surface area contributed by atoms with Gasteiger partial charge in [0, 0.05) is 6.54 Å². The summed E-state index contributed by atoms with van der Waals surface area (Å²) >= 11 is 1.27. The number of aromatic amines is 1. The second-order valence-corrected chi connectivity index (χ2v) is 9.30. The Hall–Kier alpha value is -4.11. The topological polar surface area (TPSA) is 95.6 Å². The van der Waals surface area contributed by atoms with Crippen molar-refractivity contribution in [3.05, 3.63) is 84.4 Å². The number of aromatic nitrogens is 2. The SMILES string of the molecule is COc1ccc(N2C(=O)CC(N(Cc3ccccc3)C(=O)CSc3nc4ccccc4[nH]3)C2=O)cc1. The molecule has 3 aromatic carbocycles. The summed E-state index contributed by atoms with van der Waals surface area (Å²) in [5.74, 6) is -0.299. The maximum Gasteiger partial charge on any atom is 0.257 e. The molecule has 5 rings (SSSR count). The number of methoxy groups -OCH3 is 1. The van der Waals surface area contributed by atoms with Gasteiger partial charge in [0.05, 0.1) is 36.0 Å². The summed E-state index contributed by atoms with van der Waals surface area (Å²) in [7, 11) is 1.55. The number of hydrogen-bond acceptors (Lipinski definition) is 6. The summed E-state index contributed by atoms with van der Waals surface area (Å²) in [6, 6.07) is 22.9. The number of carbonyl (C=O) groups excluding carboxylic acids is 3. The number of para-hydroxylation sites is 2. The third-order valence-electron chi connectivity index (χ3n) is 6.05. The van der Waals surface area contributed by atoms with Crippen LogP contribution in [0.5, 0.6) is 5.75 Å². The highest BCUT2D eigenvalue weighted by atomic mass is 32.2. The van der Waals surface area contributed by atoms with Crippen molar-refractivity contribution >= 4 is 46.2 Å². The predicted octanol–water partition coefficient (Wildman–Crippen LogP) is 4.02. The standard InChI is InChI=1S/C27H24N4O4S/c1-35-20-13-11-19(12-14-20)31-24(32)15-23(26(31)34)30(16-18-7-3-2-4-8-18)25(33)17-36-27-28-21-9-5-6-10-22(21)29-27/h2-14,23H,15-17H2,1H3,(H,28,29). The average molecular weight is 501 g/mol. The van der Waals surface area contributed by atoms with Crippen LogP contribution in [0.4, 0.5) is 5.69 Å². The molecule has 0 bridgehead atoms. The van der Waals surface area contributed by atoms with Crippen molar-refractivity contribution in [2.45, 2.75) is 24.2 Å². The number of imidazole rings is 1. The van der Waals surface area contributed by atoms with E-state index in [4.69, 9.17) is 4.74 Å². The third-order valence-corrected chi connectivity index (χ3v) is 6.90. The lowest BCUT2D eigenvalue weighted by Gasteiger charge is -2.27. The number of thioether (sulfide) groups is 1. The van der Waals surface area contributed by atoms with Gasteiger partial charge in [-0.3, -0.25) is 14.4 Å². The Morgan fingerprint density at radius 1 is 1.06 bits per heavy atom. The van der Waals surface area contributed by atoms with Crippen LogP contribution in [0, 0.1) is 0 Å². The fraction of sp³-hybridized carbons (Fsp3) is 0.185. The minimum absolute atomic E-state index is 0.0707. The van der Waals surface area contributed by atoms with Gasteiger partial charge in [0.15, 0.2) is 5.16 Å². The number of nitrogens with zero attached hydrogens (tertiary/aromatic N) is 3. The second-order valence-electron chi connectivity index (χ2n) is 8.34. The van der Waals surface area contributed by atoms with Crippen molar-refractivity contribution in [3.63, 3.8) is 0 Å². The summed E-state index contributed by atoms with van der Waals surface area (Å²) in [5, 5.41) is 0.623. The molecule has 2 heterocycles. The Balaban J connectivity index is 1.37. The molecule has 1 N–H and O–H groups in total. The molecule has 4 aromatic rings. The Bertz CT molecular complexity index is 1370. The molecule has 0 radical (unpaired) electrons. The number of hydrogen-bond donors (Lipinski definition) is 1. The molecule has 0 spiro atoms. The summed E-state index contributed by atoms with van der Waals surface area (Å²) in [6.07, 6.45) is -0.0707. The zero-order valence-electron chi connectivity index (χ0n) is 19.6. The highest BCUT2D eigenvalue weighted by molar-refractivity contribution is 7.99. The van der Waals surface area contributed by atoms with Crippen molar-refractivity contribution < 1.29 is 19.1 Å². The summed E-state index contributed by atoms with van der Waals surface area (Å²) in [5.41, 5.74) is 3.04. The Morgan fingerprint density at radius 3 is 2.50 bits per heavy atom. The van der Waals surface area contributed by atoms with E-state index in [0.29, 0.717) is 16.6 Å². The van der Waals surface area contributed by atoms with Gasteiger partial charge >= 0.3 is 0 Å². The van der Waals surface area contributed by atoms with Crippen molar-refractivity contribution in [1.82, 2.24) is 14.9 Å². The molecule has 0 aliphatic carbocycles. The van der Waals surface area contributed by atoms with E-state index in [1.54, 1.807) is 31.4 Å². The molecule has 182 valence electrons. The molecular weight excluding hydrogens is 476 g/mol. The molecule has 8 nitrogen and oxygen atoms in total. The van der Waals surface area contributed by atoms with E-state index in [2.05, 4.69) is 9.97 Å². The largest absolute Gasteiger partial charge is 0.497 e. The van der Waals surface area contributed by atoms with Gasteiger partial charge in [-0.15, -0.1) is 0 Å². The molecule has 36 heavy (non-hydrogen) atoms. The highest BCUT2D eigenvalue weighted by Gasteiger charge is 2.44. The van der Waals surface area contributed by atoms with Crippen LogP contribution in [-0.2, 0) is 20.9 Å². The monoisotopic (exact) mass is 500 g/mol. The number of nitrogens with one attached hydrogen (secondary N) is 1. The van der Waals surface area contributed by atoms with Gasteiger partial charge in [0.25, 0.3) is 5.91 Å². The Labute approximate surface area is 212 Å². The Kier molecular flexibility index (Phi) is 6.73. The van der Waals surface area contributed by atoms with Crippen molar-refractivity contribution in [3.8, 4) is 5.75 Å². The van der Waals surface area contributed by atoms with Crippen LogP contribution in [-0.4, -0.2) is 51.5 Å². The van der Waals surface area contributed by atoms with E-state index in [1.807, 2.05) is 54.6 Å². The molecule has 1 aliphatic rings. The number of carbonyl (C=O) groups is 3. The van der Waals surface area contributed by atoms with Gasteiger partial charge in [0.2, 0.25) is 11.8 Å². The van der Waals surface area contributed by atoms with E-state index in [0.717, 1.165) is 21.5 Å². The number of rotatable bonds is 8. The minimum atomic E-state index is -0.886. The summed E-state index contributed by atoms with van der Waals surface area (Å²) in [4.78, 5) is 50.2. The number of benzene rings is 3. The van der Waals surface area contributed by atoms with E-state index in [9.17, 15) is 14.4 Å². The number of imide groups is 1. The first-order chi connectivity index (χ1) is 17.5. The first-order valence-electron chi connectivity index (χ1n) is 11.5. The second kappa shape index (κ2) is 10.2. The lowest BCUT2D eigenvalue weighted by Crippen LogP contribution is -2.45. The number of fused-ring (bicyclic) bond motifs is 1. The van der Waals surface area contributed by atoms with Crippen molar-refractivity contribution in [2.75, 3.05) is 17.8 Å². The van der Waals surface area contributed by atoms with Crippen LogP contribution < -0.4 is 9.64 Å². The number of ether oxygens (including phenoxy) is 1. The lowest BCUT2D eigenvalue weighted by atomic mass is 10.1. The molecule has 1 aliphatic heterocycles. The Morgan fingerprint density at radius 2 is 1.78 bits per heavy atom. The molecule has 1 aromatic heterocycles. The quantitative estimate of drug-likeness (QED) is 0.290. The van der Waals surface area contributed by atoms with Gasteiger partial charge in [-0.25, -0.2) is 9.88 Å². The average Bonchev–Trinajstić information content (AvgIpc) is 3.46. The molecule has 9 heteroatoms. The van der Waals surface area contributed by atoms with Crippen molar-refractivity contribution in [1.29, 1.82) is 0 Å². The normalized spacial score (nSPS) is 15.5. The molecule has 1 fully saturated rings. The minimum Gasteiger partial charge on any atom is -0.497 e. The van der Waals surface area contributed by atoms with Crippen LogP contribution in [0.2, 0.25) is 0 Å². The zero-order chi connectivity index (χ0) is 25.1. The van der Waals surface area contributed by atoms with E-state index >= 15 is 0 Å². The molecule has 0 saturated carbocycles. The molecular formula is C27H24N4O4S. The highest BCUT2D eigenvalue weighted by Crippen LogP contribution is 2.29. The summed E-state index contributed by atoms with van der Waals surface area (Å²) in [6.45, 7) is 0.223. The molecule has 1 saturated heterocycles. The molecule has 1 atom stereocenters. The fourth-order valence-corrected chi connectivity index (χ4v) is 5.00. The number of anilines is 1. The van der Waals surface area contributed by atoms with E-state index in [1.165, 1.54) is 16.7 Å². The van der Waals surface area contributed by atoms with E-state index in [-0.39, 0.29) is 30.5 Å². The predicted molar refractivity (Wildman–Crippen MR) is 138 cm³/mol. The van der Waals surface area contributed by atoms with Gasteiger partial charge in [0.1, 0.15) is 11.8 Å². The van der Waals surface area contributed by atoms with Crippen LogP contribution in [0.25, 0.3) is 11.0 Å². The lowest BCUT2D eigenvalue weighted by molar-refractivity contribution is -0.136. The van der Waals surface area contributed by atoms with Crippen LogP contribution >= 0.6 is 11.8 Å². The van der Waals surface area contributed by atoms with Gasteiger partial charge in [-0.1, -0.05) is 54.2 Å². The van der Waals surface area contributed by atoms with Crippen LogP contribution in [0.15, 0.2) is 84.0 Å². The van der Waals surface area contributed by atoms with Gasteiger partial charge in [-0.05, 0) is 42.0 Å². The van der Waals surface area contributed by atoms with Crippen LogP contribution in [0.1, 0.15) is 12.0 Å². The van der Waals surface area contributed by atoms with Crippen molar-refractivity contribution in [2.24, 2.45) is 0 Å². The summed E-state index contributed by atoms with van der Waals surface area (Å²) < 4.78 is 5.17. The smallest absolute Gasteiger partial charge is 0.257 e. The molecule has 1 unspecified atom stereocenters. The maximum absolute atomic E-state index is 13.5. The third kappa shape index (κ3) is 4.83. The fourth-order valence-electron chi connectivity index (χ4n) is 4.23. The first kappa shape index (κ1) is 23.6. The van der Waals surface area contributed by atoms with Crippen LogP contribution in [0.3, 0.4) is 0 Å². The van der Waals surface area contributed by atoms with Gasteiger partial charge < -0.3 is 14.6 Å². The number of amides is 3. The zero-order valence-corrected chi connectivity index (χ0v) is 20.4. The first-order valence-corrected chi connectivity index (χ1v) is 12.4. The number of H-pyrrole nitrogens is 1. The maximum atomic E-state index is 13.5. The van der Waals surface area contributed by atoms with Gasteiger partial charge in [-0.2, -0.15) is 0 Å².